The second kappa shape index (κ2) is 8.95. The van der Waals surface area contributed by atoms with Crippen LogP contribution in [0.25, 0.3) is 11.4 Å². The lowest BCUT2D eigenvalue weighted by molar-refractivity contribution is -0.117. The Morgan fingerprint density at radius 2 is 1.86 bits per heavy atom. The second-order valence-corrected chi connectivity index (χ2v) is 8.32. The molecule has 3 rings (SSSR count). The molecule has 0 aliphatic carbocycles. The van der Waals surface area contributed by atoms with Gasteiger partial charge in [-0.3, -0.25) is 14.7 Å². The molecule has 0 unspecified atom stereocenters. The predicted octanol–water partition coefficient (Wildman–Crippen LogP) is 3.30. The summed E-state index contributed by atoms with van der Waals surface area (Å²) in [6.45, 7) is 5.95. The van der Waals surface area contributed by atoms with E-state index in [1.165, 1.54) is 11.8 Å². The number of hydrogen-bond acceptors (Lipinski definition) is 6. The molecule has 3 amide bonds. The normalized spacial score (nSPS) is 11.3. The van der Waals surface area contributed by atoms with Crippen LogP contribution >= 0.6 is 11.8 Å². The highest BCUT2D eigenvalue weighted by atomic mass is 32.2. The monoisotopic (exact) mass is 413 g/mol. The zero-order valence-electron chi connectivity index (χ0n) is 16.5. The average Bonchev–Trinajstić information content (AvgIpc) is 3.29. The zero-order chi connectivity index (χ0) is 20.9. The summed E-state index contributed by atoms with van der Waals surface area (Å²) < 4.78 is 7.35. The van der Waals surface area contributed by atoms with Crippen molar-refractivity contribution < 1.29 is 14.0 Å². The average molecular weight is 414 g/mol. The molecule has 9 heteroatoms. The second-order valence-electron chi connectivity index (χ2n) is 7.38. The first-order chi connectivity index (χ1) is 13.8. The van der Waals surface area contributed by atoms with Crippen LogP contribution in [0.4, 0.5) is 4.79 Å². The van der Waals surface area contributed by atoms with Gasteiger partial charge in [0.05, 0.1) is 18.6 Å². The Kier molecular flexibility index (Phi) is 6.38. The van der Waals surface area contributed by atoms with Gasteiger partial charge in [0, 0.05) is 11.1 Å². The number of amides is 3. The molecule has 3 aromatic rings. The van der Waals surface area contributed by atoms with Crippen molar-refractivity contribution in [3.8, 4) is 11.4 Å². The lowest BCUT2D eigenvalue weighted by Gasteiger charge is -2.20. The molecule has 0 bridgehead atoms. The van der Waals surface area contributed by atoms with Gasteiger partial charge in [0.2, 0.25) is 5.91 Å². The van der Waals surface area contributed by atoms with Gasteiger partial charge in [-0.1, -0.05) is 42.1 Å². The number of nitrogens with zero attached hydrogens (tertiary/aromatic N) is 3. The summed E-state index contributed by atoms with van der Waals surface area (Å²) in [6.07, 6.45) is 1.61. The van der Waals surface area contributed by atoms with Crippen molar-refractivity contribution >= 4 is 23.7 Å². The zero-order valence-corrected chi connectivity index (χ0v) is 17.3. The fourth-order valence-corrected chi connectivity index (χ4v) is 3.30. The van der Waals surface area contributed by atoms with Crippen LogP contribution in [0.5, 0.6) is 0 Å². The van der Waals surface area contributed by atoms with Crippen molar-refractivity contribution in [3.05, 3.63) is 54.5 Å². The number of benzene rings is 1. The SMILES string of the molecule is CC(C)(C)NC(=O)NC(=O)CSc1nnc(-c2ccccc2)n1Cc1ccco1. The molecular formula is C20H23N5O3S. The van der Waals surface area contributed by atoms with Crippen LogP contribution in [-0.2, 0) is 11.3 Å². The Morgan fingerprint density at radius 3 is 2.52 bits per heavy atom. The fourth-order valence-electron chi connectivity index (χ4n) is 2.56. The number of aromatic nitrogens is 3. The molecule has 0 aliphatic rings. The highest BCUT2D eigenvalue weighted by Gasteiger charge is 2.19. The first kappa shape index (κ1) is 20.7. The van der Waals surface area contributed by atoms with E-state index in [4.69, 9.17) is 4.42 Å². The van der Waals surface area contributed by atoms with E-state index in [9.17, 15) is 9.59 Å². The molecule has 152 valence electrons. The van der Waals surface area contributed by atoms with Gasteiger partial charge in [0.25, 0.3) is 0 Å². The van der Waals surface area contributed by atoms with Gasteiger partial charge in [-0.2, -0.15) is 0 Å². The Morgan fingerprint density at radius 1 is 1.10 bits per heavy atom. The summed E-state index contributed by atoms with van der Waals surface area (Å²) in [5.41, 5.74) is 0.484. The summed E-state index contributed by atoms with van der Waals surface area (Å²) >= 11 is 1.21. The maximum absolute atomic E-state index is 12.1. The van der Waals surface area contributed by atoms with E-state index in [1.807, 2.05) is 67.8 Å². The highest BCUT2D eigenvalue weighted by Crippen LogP contribution is 2.25. The van der Waals surface area contributed by atoms with Gasteiger partial charge in [-0.15, -0.1) is 10.2 Å². The Hall–Kier alpha value is -3.07. The van der Waals surface area contributed by atoms with Gasteiger partial charge in [0.15, 0.2) is 11.0 Å². The third-order valence-electron chi connectivity index (χ3n) is 3.72. The molecule has 2 aromatic heterocycles. The molecule has 2 heterocycles. The molecule has 0 saturated carbocycles. The molecule has 0 aliphatic heterocycles. The first-order valence-electron chi connectivity index (χ1n) is 9.07. The number of carbonyl (C=O) groups is 2. The maximum Gasteiger partial charge on any atom is 0.321 e. The number of imide groups is 1. The molecule has 0 radical (unpaired) electrons. The number of hydrogen-bond donors (Lipinski definition) is 2. The molecule has 0 spiro atoms. The fraction of sp³-hybridized carbons (Fsp3) is 0.300. The van der Waals surface area contributed by atoms with Crippen LogP contribution in [-0.4, -0.2) is 38.0 Å². The maximum atomic E-state index is 12.1. The van der Waals surface area contributed by atoms with Gasteiger partial charge in [-0.25, -0.2) is 4.79 Å². The summed E-state index contributed by atoms with van der Waals surface area (Å²) in [5.74, 6) is 1.04. The highest BCUT2D eigenvalue weighted by molar-refractivity contribution is 7.99. The van der Waals surface area contributed by atoms with Crippen LogP contribution in [0.15, 0.2) is 58.3 Å². The van der Waals surface area contributed by atoms with Crippen molar-refractivity contribution in [2.75, 3.05) is 5.75 Å². The summed E-state index contributed by atoms with van der Waals surface area (Å²) in [7, 11) is 0. The van der Waals surface area contributed by atoms with Crippen molar-refractivity contribution in [1.29, 1.82) is 0 Å². The number of furan rings is 1. The minimum atomic E-state index is -0.523. The summed E-state index contributed by atoms with van der Waals surface area (Å²) in [6, 6.07) is 12.8. The van der Waals surface area contributed by atoms with E-state index in [2.05, 4.69) is 20.8 Å². The minimum absolute atomic E-state index is 0.0304. The predicted molar refractivity (Wildman–Crippen MR) is 110 cm³/mol. The number of rotatable bonds is 6. The summed E-state index contributed by atoms with van der Waals surface area (Å²) in [5, 5.41) is 14.1. The van der Waals surface area contributed by atoms with Crippen LogP contribution < -0.4 is 10.6 Å². The molecular weight excluding hydrogens is 390 g/mol. The lowest BCUT2D eigenvalue weighted by Crippen LogP contribution is -2.48. The van der Waals surface area contributed by atoms with E-state index in [-0.39, 0.29) is 5.75 Å². The lowest BCUT2D eigenvalue weighted by atomic mass is 10.1. The number of thioether (sulfide) groups is 1. The smallest absolute Gasteiger partial charge is 0.321 e. The standard InChI is InChI=1S/C20H23N5O3S/c1-20(2,3)22-18(27)21-16(26)13-29-19-24-23-17(14-8-5-4-6-9-14)25(19)12-15-10-7-11-28-15/h4-11H,12-13H2,1-3H3,(H2,21,22,26,27). The third-order valence-corrected chi connectivity index (χ3v) is 4.68. The third kappa shape index (κ3) is 5.95. The molecule has 29 heavy (non-hydrogen) atoms. The Balaban J connectivity index is 1.72. The van der Waals surface area contributed by atoms with Crippen molar-refractivity contribution in [3.63, 3.8) is 0 Å². The first-order valence-corrected chi connectivity index (χ1v) is 10.1. The molecule has 2 N–H and O–H groups in total. The Bertz CT molecular complexity index is 962. The topological polar surface area (TPSA) is 102 Å². The number of carbonyl (C=O) groups excluding carboxylic acids is 2. The molecule has 0 atom stereocenters. The minimum Gasteiger partial charge on any atom is -0.467 e. The largest absolute Gasteiger partial charge is 0.467 e. The summed E-state index contributed by atoms with van der Waals surface area (Å²) in [4.78, 5) is 24.0. The van der Waals surface area contributed by atoms with Gasteiger partial charge < -0.3 is 9.73 Å². The number of urea groups is 1. The molecule has 0 fully saturated rings. The van der Waals surface area contributed by atoms with E-state index in [0.717, 1.165) is 11.3 Å². The molecule has 8 nitrogen and oxygen atoms in total. The number of nitrogens with one attached hydrogen (secondary N) is 2. The van der Waals surface area contributed by atoms with Gasteiger partial charge >= 0.3 is 6.03 Å². The molecule has 1 aromatic carbocycles. The van der Waals surface area contributed by atoms with Crippen LogP contribution in [0.3, 0.4) is 0 Å². The van der Waals surface area contributed by atoms with E-state index in [1.54, 1.807) is 6.26 Å². The Labute approximate surface area is 173 Å². The van der Waals surface area contributed by atoms with Crippen molar-refractivity contribution in [2.45, 2.75) is 38.0 Å². The van der Waals surface area contributed by atoms with E-state index >= 15 is 0 Å². The van der Waals surface area contributed by atoms with Gasteiger partial charge in [0.1, 0.15) is 5.76 Å². The van der Waals surface area contributed by atoms with Crippen LogP contribution in [0.1, 0.15) is 26.5 Å². The van der Waals surface area contributed by atoms with Crippen molar-refractivity contribution in [1.82, 2.24) is 25.4 Å². The quantitative estimate of drug-likeness (QED) is 0.601. The van der Waals surface area contributed by atoms with Crippen LogP contribution in [0, 0.1) is 0 Å². The van der Waals surface area contributed by atoms with E-state index < -0.39 is 17.5 Å². The van der Waals surface area contributed by atoms with E-state index in [0.29, 0.717) is 17.5 Å². The van der Waals surface area contributed by atoms with Crippen LogP contribution in [0.2, 0.25) is 0 Å². The molecule has 0 saturated heterocycles. The van der Waals surface area contributed by atoms with Crippen molar-refractivity contribution in [2.24, 2.45) is 0 Å². The van der Waals surface area contributed by atoms with Gasteiger partial charge in [-0.05, 0) is 32.9 Å².